The van der Waals surface area contributed by atoms with E-state index >= 15 is 0 Å². The Morgan fingerprint density at radius 1 is 1.11 bits per heavy atom. The number of aliphatic hydroxyl groups excluding tert-OH is 1. The van der Waals surface area contributed by atoms with E-state index in [1.54, 1.807) is 11.8 Å². The van der Waals surface area contributed by atoms with Crippen LogP contribution in [0.2, 0.25) is 0 Å². The summed E-state index contributed by atoms with van der Waals surface area (Å²) in [5, 5.41) is 20.4. The standard InChI is InChI=1S/C22H20N5O7PS3/c23-21-25-18-15(19(29)26-21)24-22(27(18)20-16(28)17-14(32-20)9-31-35(33-17)34-30)38-13-7-5-12(6-8-13)37-11-3-1-10(36)2-4-11/h1-8,14,16-17,20,28,30,36H,9H2,(H3,23,25,26,29). The van der Waals surface area contributed by atoms with Crippen molar-refractivity contribution in [2.75, 3.05) is 12.3 Å². The Hall–Kier alpha value is -2.17. The Labute approximate surface area is 230 Å². The number of benzene rings is 2. The third kappa shape index (κ3) is 5.07. The minimum Gasteiger partial charge on any atom is -0.386 e. The molecule has 0 radical (unpaired) electrons. The van der Waals surface area contributed by atoms with Gasteiger partial charge < -0.3 is 24.6 Å². The number of aromatic nitrogens is 4. The Balaban J connectivity index is 1.32. The van der Waals surface area contributed by atoms with Crippen molar-refractivity contribution in [3.05, 3.63) is 58.9 Å². The van der Waals surface area contributed by atoms with Crippen molar-refractivity contribution in [3.8, 4) is 0 Å². The number of aliphatic hydroxyl groups is 1. The molecule has 0 amide bonds. The molecule has 2 aliphatic heterocycles. The van der Waals surface area contributed by atoms with Gasteiger partial charge in [0.2, 0.25) is 5.95 Å². The van der Waals surface area contributed by atoms with Gasteiger partial charge in [-0.1, -0.05) is 23.5 Å². The van der Waals surface area contributed by atoms with E-state index in [9.17, 15) is 9.90 Å². The average molecular weight is 594 g/mol. The SMILES string of the molecule is Nc1nc2c(nc(Sc3ccc(Sc4ccc(S)cc4)cc3)n2C2OC3COP(OO)OC3C2O)c(=O)[nH]1. The zero-order valence-corrected chi connectivity index (χ0v) is 22.6. The quantitative estimate of drug-likeness (QED) is 0.0954. The van der Waals surface area contributed by atoms with Crippen molar-refractivity contribution < 1.29 is 28.8 Å². The molecule has 38 heavy (non-hydrogen) atoms. The second-order valence-electron chi connectivity index (χ2n) is 8.28. The second kappa shape index (κ2) is 10.8. The fourth-order valence-electron chi connectivity index (χ4n) is 4.12. The number of H-pyrrole nitrogens is 1. The molecule has 6 rings (SSSR count). The van der Waals surface area contributed by atoms with Crippen LogP contribution in [0.15, 0.2) is 78.1 Å². The summed E-state index contributed by atoms with van der Waals surface area (Å²) in [6.07, 6.45) is -3.71. The van der Waals surface area contributed by atoms with E-state index < -0.39 is 38.7 Å². The Morgan fingerprint density at radius 3 is 2.45 bits per heavy atom. The number of rotatable bonds is 6. The van der Waals surface area contributed by atoms with Crippen LogP contribution in [-0.4, -0.2) is 54.8 Å². The van der Waals surface area contributed by atoms with Gasteiger partial charge in [0.1, 0.15) is 18.3 Å². The van der Waals surface area contributed by atoms with Gasteiger partial charge in [0, 0.05) is 19.6 Å². The van der Waals surface area contributed by atoms with E-state index in [2.05, 4.69) is 32.3 Å². The molecule has 5 unspecified atom stereocenters. The Kier molecular flexibility index (Phi) is 7.39. The highest BCUT2D eigenvalue weighted by molar-refractivity contribution is 7.99. The molecule has 12 nitrogen and oxygen atoms in total. The highest BCUT2D eigenvalue weighted by Crippen LogP contribution is 2.50. The Bertz CT molecular complexity index is 1520. The molecule has 2 aliphatic rings. The van der Waals surface area contributed by atoms with Crippen LogP contribution in [0, 0.1) is 0 Å². The number of anilines is 1. The van der Waals surface area contributed by atoms with Crippen molar-refractivity contribution in [2.45, 2.75) is 49.3 Å². The molecule has 2 aromatic carbocycles. The van der Waals surface area contributed by atoms with Gasteiger partial charge in [0.25, 0.3) is 5.56 Å². The summed E-state index contributed by atoms with van der Waals surface area (Å²) in [5.41, 5.74) is 5.50. The minimum absolute atomic E-state index is 0.0333. The maximum absolute atomic E-state index is 12.6. The number of imidazole rings is 1. The molecule has 4 aromatic rings. The first-order chi connectivity index (χ1) is 18.4. The van der Waals surface area contributed by atoms with E-state index in [1.165, 1.54) is 16.3 Å². The predicted octanol–water partition coefficient (Wildman–Crippen LogP) is 3.68. The normalized spacial score (nSPS) is 25.1. The first-order valence-electron chi connectivity index (χ1n) is 11.2. The molecule has 0 bridgehead atoms. The molecule has 16 heteroatoms. The lowest BCUT2D eigenvalue weighted by atomic mass is 10.1. The highest BCUT2D eigenvalue weighted by atomic mass is 32.2. The third-order valence-electron chi connectivity index (χ3n) is 5.82. The molecule has 2 aromatic heterocycles. The van der Waals surface area contributed by atoms with Crippen molar-refractivity contribution in [3.63, 3.8) is 0 Å². The van der Waals surface area contributed by atoms with Gasteiger partial charge in [-0.05, 0) is 48.5 Å². The van der Waals surface area contributed by atoms with Gasteiger partial charge in [-0.15, -0.1) is 12.6 Å². The van der Waals surface area contributed by atoms with E-state index in [4.69, 9.17) is 24.8 Å². The zero-order chi connectivity index (χ0) is 26.4. The lowest BCUT2D eigenvalue weighted by Crippen LogP contribution is -2.38. The number of ether oxygens (including phenoxy) is 1. The summed E-state index contributed by atoms with van der Waals surface area (Å²) in [4.78, 5) is 27.7. The van der Waals surface area contributed by atoms with E-state index in [0.29, 0.717) is 5.16 Å². The van der Waals surface area contributed by atoms with E-state index in [0.717, 1.165) is 19.6 Å². The number of aromatic amines is 1. The number of nitrogens with zero attached hydrogens (tertiary/aromatic N) is 3. The minimum atomic E-state index is -2.03. The van der Waals surface area contributed by atoms with Gasteiger partial charge in [-0.3, -0.25) is 14.3 Å². The van der Waals surface area contributed by atoms with Gasteiger partial charge in [0.15, 0.2) is 22.5 Å². The fraction of sp³-hybridized carbons (Fsp3) is 0.227. The first-order valence-corrected chi connectivity index (χ1v) is 14.3. The molecule has 0 spiro atoms. The summed E-state index contributed by atoms with van der Waals surface area (Å²) in [5.74, 6) is -0.103. The number of thiol groups is 1. The van der Waals surface area contributed by atoms with Gasteiger partial charge >= 0.3 is 8.60 Å². The van der Waals surface area contributed by atoms with Crippen LogP contribution in [0.1, 0.15) is 6.23 Å². The number of nitrogens with one attached hydrogen (secondary N) is 1. The highest BCUT2D eigenvalue weighted by Gasteiger charge is 2.51. The van der Waals surface area contributed by atoms with Crippen LogP contribution in [0.25, 0.3) is 11.2 Å². The smallest absolute Gasteiger partial charge is 0.363 e. The number of fused-ring (bicyclic) bond motifs is 2. The number of nitrogen functional groups attached to an aromatic ring is 1. The van der Waals surface area contributed by atoms with Crippen LogP contribution >= 0.6 is 44.8 Å². The topological polar surface area (TPSA) is 167 Å². The summed E-state index contributed by atoms with van der Waals surface area (Å²) >= 11 is 7.21. The molecule has 2 saturated heterocycles. The van der Waals surface area contributed by atoms with Crippen molar-refractivity contribution in [1.82, 2.24) is 19.5 Å². The van der Waals surface area contributed by atoms with Crippen molar-refractivity contribution >= 4 is 61.9 Å². The van der Waals surface area contributed by atoms with Crippen LogP contribution in [-0.2, 0) is 18.5 Å². The maximum Gasteiger partial charge on any atom is 0.363 e. The lowest BCUT2D eigenvalue weighted by molar-refractivity contribution is -0.170. The number of hydrogen-bond acceptors (Lipinski definition) is 13. The van der Waals surface area contributed by atoms with E-state index in [-0.39, 0.29) is 23.7 Å². The van der Waals surface area contributed by atoms with Crippen LogP contribution in [0.4, 0.5) is 5.95 Å². The van der Waals surface area contributed by atoms with Crippen LogP contribution in [0.3, 0.4) is 0 Å². The molecular weight excluding hydrogens is 573 g/mol. The predicted molar refractivity (Wildman–Crippen MR) is 142 cm³/mol. The summed E-state index contributed by atoms with van der Waals surface area (Å²) in [7, 11) is -2.03. The molecule has 4 heterocycles. The summed E-state index contributed by atoms with van der Waals surface area (Å²) in [6, 6.07) is 15.7. The van der Waals surface area contributed by atoms with Gasteiger partial charge in [-0.25, -0.2) is 10.2 Å². The van der Waals surface area contributed by atoms with Gasteiger partial charge in [0.05, 0.1) is 6.61 Å². The summed E-state index contributed by atoms with van der Waals surface area (Å²) < 4.78 is 22.6. The monoisotopic (exact) mass is 593 g/mol. The maximum atomic E-state index is 12.6. The lowest BCUT2D eigenvalue weighted by Gasteiger charge is -2.28. The fourth-order valence-corrected chi connectivity index (χ4v) is 6.87. The molecule has 5 N–H and O–H groups in total. The van der Waals surface area contributed by atoms with Crippen LogP contribution in [0.5, 0.6) is 0 Å². The second-order valence-corrected chi connectivity index (χ2v) is 12.1. The first kappa shape index (κ1) is 26.1. The van der Waals surface area contributed by atoms with Crippen molar-refractivity contribution in [1.29, 1.82) is 0 Å². The third-order valence-corrected chi connectivity index (χ3v) is 9.03. The largest absolute Gasteiger partial charge is 0.386 e. The molecule has 2 fully saturated rings. The van der Waals surface area contributed by atoms with E-state index in [1.807, 2.05) is 48.5 Å². The zero-order valence-electron chi connectivity index (χ0n) is 19.2. The molecule has 5 atom stereocenters. The Morgan fingerprint density at radius 2 is 1.76 bits per heavy atom. The summed E-state index contributed by atoms with van der Waals surface area (Å²) in [6.45, 7) is 0.0333. The van der Waals surface area contributed by atoms with Crippen LogP contribution < -0.4 is 11.3 Å². The number of nitrogens with two attached hydrogens (primary N) is 1. The number of hydrogen-bond donors (Lipinski definition) is 5. The van der Waals surface area contributed by atoms with Gasteiger partial charge in [-0.2, -0.15) is 9.66 Å². The molecule has 198 valence electrons. The molecule has 0 aliphatic carbocycles. The van der Waals surface area contributed by atoms with Crippen molar-refractivity contribution in [2.24, 2.45) is 0 Å². The molecule has 0 saturated carbocycles. The average Bonchev–Trinajstić information content (AvgIpc) is 3.43. The molecular formula is C22H20N5O7PS3.